The molecule has 0 bridgehead atoms. The summed E-state index contributed by atoms with van der Waals surface area (Å²) in [4.78, 5) is 25.7. The third-order valence-corrected chi connectivity index (χ3v) is 4.35. The summed E-state index contributed by atoms with van der Waals surface area (Å²) in [5.41, 5.74) is 2.30. The van der Waals surface area contributed by atoms with Crippen LogP contribution in [-0.2, 0) is 9.53 Å². The standard InChI is InChI=1S/C22H26N2O4/c1-24(2)19(18-7-5-6-8-20(18)27-3)15-23-21(25)14-11-16-9-12-17(13-10-16)22(26)28-4/h5-14,19H,15H2,1-4H3,(H,23,25)/b14-11+. The first-order valence-corrected chi connectivity index (χ1v) is 8.90. The second kappa shape index (κ2) is 10.3. The Hall–Kier alpha value is -3.12. The van der Waals surface area contributed by atoms with E-state index in [9.17, 15) is 9.59 Å². The SMILES string of the molecule is COC(=O)c1ccc(/C=C/C(=O)NCC(c2ccccc2OC)N(C)C)cc1. The minimum atomic E-state index is -0.389. The molecule has 0 aromatic heterocycles. The molecule has 0 spiro atoms. The van der Waals surface area contributed by atoms with Crippen molar-refractivity contribution in [2.24, 2.45) is 0 Å². The van der Waals surface area contributed by atoms with Crippen molar-refractivity contribution in [3.63, 3.8) is 0 Å². The van der Waals surface area contributed by atoms with E-state index in [1.807, 2.05) is 43.3 Å². The highest BCUT2D eigenvalue weighted by Crippen LogP contribution is 2.27. The van der Waals surface area contributed by atoms with Crippen molar-refractivity contribution in [1.82, 2.24) is 10.2 Å². The van der Waals surface area contributed by atoms with E-state index in [-0.39, 0.29) is 17.9 Å². The lowest BCUT2D eigenvalue weighted by Crippen LogP contribution is -2.33. The maximum Gasteiger partial charge on any atom is 0.337 e. The molecule has 6 heteroatoms. The molecule has 1 N–H and O–H groups in total. The van der Waals surface area contributed by atoms with Gasteiger partial charge in [0.25, 0.3) is 0 Å². The molecule has 6 nitrogen and oxygen atoms in total. The molecule has 2 aromatic carbocycles. The second-order valence-corrected chi connectivity index (χ2v) is 6.41. The molecule has 0 radical (unpaired) electrons. The Balaban J connectivity index is 1.99. The van der Waals surface area contributed by atoms with Gasteiger partial charge in [-0.15, -0.1) is 0 Å². The molecule has 2 rings (SSSR count). The molecule has 1 atom stereocenters. The number of likely N-dealkylation sites (N-methyl/N-ethyl adjacent to an activating group) is 1. The fourth-order valence-corrected chi connectivity index (χ4v) is 2.79. The topological polar surface area (TPSA) is 67.9 Å². The minimum absolute atomic E-state index is 0.0205. The first kappa shape index (κ1) is 21.2. The van der Waals surface area contributed by atoms with Crippen LogP contribution >= 0.6 is 0 Å². The van der Waals surface area contributed by atoms with Gasteiger partial charge >= 0.3 is 5.97 Å². The maximum atomic E-state index is 12.2. The van der Waals surface area contributed by atoms with Crippen molar-refractivity contribution in [3.8, 4) is 5.75 Å². The van der Waals surface area contributed by atoms with Gasteiger partial charge in [-0.05, 0) is 43.9 Å². The molecule has 0 aliphatic carbocycles. The van der Waals surface area contributed by atoms with Crippen molar-refractivity contribution in [3.05, 3.63) is 71.3 Å². The highest BCUT2D eigenvalue weighted by molar-refractivity contribution is 5.92. The number of nitrogens with one attached hydrogen (secondary N) is 1. The van der Waals surface area contributed by atoms with E-state index in [1.54, 1.807) is 37.5 Å². The Labute approximate surface area is 165 Å². The summed E-state index contributed by atoms with van der Waals surface area (Å²) < 4.78 is 10.1. The van der Waals surface area contributed by atoms with Crippen molar-refractivity contribution < 1.29 is 19.1 Å². The molecule has 1 unspecified atom stereocenters. The lowest BCUT2D eigenvalue weighted by atomic mass is 10.0. The van der Waals surface area contributed by atoms with Crippen LogP contribution in [-0.4, -0.2) is 51.6 Å². The number of methoxy groups -OCH3 is 2. The summed E-state index contributed by atoms with van der Waals surface area (Å²) in [6.45, 7) is 0.442. The quantitative estimate of drug-likeness (QED) is 0.562. The zero-order chi connectivity index (χ0) is 20.5. The van der Waals surface area contributed by atoms with Crippen LogP contribution in [0.4, 0.5) is 0 Å². The maximum absolute atomic E-state index is 12.2. The Kier molecular flexibility index (Phi) is 7.77. The van der Waals surface area contributed by atoms with Crippen LogP contribution in [0.3, 0.4) is 0 Å². The van der Waals surface area contributed by atoms with Gasteiger partial charge in [-0.1, -0.05) is 30.3 Å². The molecule has 2 aromatic rings. The van der Waals surface area contributed by atoms with E-state index >= 15 is 0 Å². The van der Waals surface area contributed by atoms with Crippen LogP contribution in [0.1, 0.15) is 27.5 Å². The predicted molar refractivity (Wildman–Crippen MR) is 109 cm³/mol. The van der Waals surface area contributed by atoms with Crippen molar-refractivity contribution in [1.29, 1.82) is 0 Å². The van der Waals surface area contributed by atoms with Crippen molar-refractivity contribution >= 4 is 18.0 Å². The number of hydrogen-bond donors (Lipinski definition) is 1. The van der Waals surface area contributed by atoms with Gasteiger partial charge in [0.05, 0.1) is 25.8 Å². The van der Waals surface area contributed by atoms with Crippen LogP contribution in [0, 0.1) is 0 Å². The largest absolute Gasteiger partial charge is 0.496 e. The molecular formula is C22H26N2O4. The van der Waals surface area contributed by atoms with Crippen LogP contribution in [0.15, 0.2) is 54.6 Å². The molecule has 0 aliphatic rings. The Morgan fingerprint density at radius 1 is 1.07 bits per heavy atom. The van der Waals surface area contributed by atoms with Gasteiger partial charge in [0.1, 0.15) is 5.75 Å². The normalized spacial score (nSPS) is 12.0. The number of amides is 1. The first-order chi connectivity index (χ1) is 13.5. The number of esters is 1. The molecule has 148 valence electrons. The lowest BCUT2D eigenvalue weighted by molar-refractivity contribution is -0.116. The van der Waals surface area contributed by atoms with Crippen LogP contribution in [0.5, 0.6) is 5.75 Å². The zero-order valence-electron chi connectivity index (χ0n) is 16.6. The highest BCUT2D eigenvalue weighted by Gasteiger charge is 2.18. The Bertz CT molecular complexity index is 829. The van der Waals surface area contributed by atoms with E-state index in [4.69, 9.17) is 4.74 Å². The van der Waals surface area contributed by atoms with E-state index in [2.05, 4.69) is 10.1 Å². The number of rotatable bonds is 8. The Morgan fingerprint density at radius 2 is 1.75 bits per heavy atom. The lowest BCUT2D eigenvalue weighted by Gasteiger charge is -2.26. The van der Waals surface area contributed by atoms with Crippen LogP contribution in [0.2, 0.25) is 0 Å². The summed E-state index contributed by atoms with van der Waals surface area (Å²) in [6, 6.07) is 14.6. The van der Waals surface area contributed by atoms with Gasteiger partial charge < -0.3 is 19.7 Å². The smallest absolute Gasteiger partial charge is 0.337 e. The second-order valence-electron chi connectivity index (χ2n) is 6.41. The summed E-state index contributed by atoms with van der Waals surface area (Å²) in [7, 11) is 6.90. The van der Waals surface area contributed by atoms with Gasteiger partial charge in [-0.2, -0.15) is 0 Å². The van der Waals surface area contributed by atoms with Crippen molar-refractivity contribution in [2.75, 3.05) is 34.9 Å². The van der Waals surface area contributed by atoms with Crippen molar-refractivity contribution in [2.45, 2.75) is 6.04 Å². The van der Waals surface area contributed by atoms with Gasteiger partial charge in [0.15, 0.2) is 0 Å². The van der Waals surface area contributed by atoms with Crippen LogP contribution < -0.4 is 10.1 Å². The van der Waals surface area contributed by atoms with E-state index in [0.29, 0.717) is 12.1 Å². The van der Waals surface area contributed by atoms with E-state index in [1.165, 1.54) is 13.2 Å². The fourth-order valence-electron chi connectivity index (χ4n) is 2.79. The molecule has 28 heavy (non-hydrogen) atoms. The summed E-state index contributed by atoms with van der Waals surface area (Å²) in [5.74, 6) is 0.204. The molecule has 0 heterocycles. The molecule has 0 fully saturated rings. The van der Waals surface area contributed by atoms with Gasteiger partial charge in [-0.3, -0.25) is 4.79 Å². The Morgan fingerprint density at radius 3 is 2.36 bits per heavy atom. The number of ether oxygens (including phenoxy) is 2. The predicted octanol–water partition coefficient (Wildman–Crippen LogP) is 2.91. The van der Waals surface area contributed by atoms with Gasteiger partial charge in [0.2, 0.25) is 5.91 Å². The first-order valence-electron chi connectivity index (χ1n) is 8.90. The molecule has 0 aliphatic heterocycles. The number of para-hydroxylation sites is 1. The number of carbonyl (C=O) groups is 2. The minimum Gasteiger partial charge on any atom is -0.496 e. The fraction of sp³-hybridized carbons (Fsp3) is 0.273. The summed E-state index contributed by atoms with van der Waals surface area (Å²) in [6.07, 6.45) is 3.17. The number of carbonyl (C=O) groups excluding carboxylic acids is 2. The van der Waals surface area contributed by atoms with E-state index < -0.39 is 0 Å². The van der Waals surface area contributed by atoms with E-state index in [0.717, 1.165) is 16.9 Å². The summed E-state index contributed by atoms with van der Waals surface area (Å²) >= 11 is 0. The van der Waals surface area contributed by atoms with Gasteiger partial charge in [0, 0.05) is 18.2 Å². The molecule has 1 amide bonds. The van der Waals surface area contributed by atoms with Gasteiger partial charge in [-0.25, -0.2) is 4.79 Å². The number of hydrogen-bond acceptors (Lipinski definition) is 5. The average molecular weight is 382 g/mol. The summed E-state index contributed by atoms with van der Waals surface area (Å²) in [5, 5.41) is 2.93. The monoisotopic (exact) mass is 382 g/mol. The van der Waals surface area contributed by atoms with Crippen LogP contribution in [0.25, 0.3) is 6.08 Å². The highest BCUT2D eigenvalue weighted by atomic mass is 16.5. The number of nitrogens with zero attached hydrogens (tertiary/aromatic N) is 1. The molecular weight excluding hydrogens is 356 g/mol. The third-order valence-electron chi connectivity index (χ3n) is 4.35. The molecule has 0 saturated carbocycles. The third kappa shape index (κ3) is 5.69. The molecule has 0 saturated heterocycles. The zero-order valence-corrected chi connectivity index (χ0v) is 16.6. The average Bonchev–Trinajstić information content (AvgIpc) is 2.72. The number of benzene rings is 2.